The first kappa shape index (κ1) is 17.9. The van der Waals surface area contributed by atoms with Crippen molar-refractivity contribution in [3.8, 4) is 0 Å². The van der Waals surface area contributed by atoms with E-state index in [2.05, 4.69) is 24.5 Å². The van der Waals surface area contributed by atoms with E-state index in [1.165, 1.54) is 0 Å². The molecule has 0 heterocycles. The molecule has 0 saturated heterocycles. The minimum Gasteiger partial charge on any atom is -0.354 e. The summed E-state index contributed by atoms with van der Waals surface area (Å²) in [6.07, 6.45) is 7.49. The van der Waals surface area contributed by atoms with Crippen molar-refractivity contribution >= 4 is 11.8 Å². The van der Waals surface area contributed by atoms with Gasteiger partial charge in [0.2, 0.25) is 11.8 Å². The van der Waals surface area contributed by atoms with Gasteiger partial charge >= 0.3 is 0 Å². The molecule has 0 aliphatic rings. The maximum absolute atomic E-state index is 11.6. The number of rotatable bonds is 11. The van der Waals surface area contributed by atoms with Crippen LogP contribution >= 0.6 is 0 Å². The van der Waals surface area contributed by atoms with Crippen molar-refractivity contribution < 1.29 is 9.59 Å². The fourth-order valence-corrected chi connectivity index (χ4v) is 1.82. The Balaban J connectivity index is 3.59. The first-order chi connectivity index (χ1) is 9.10. The normalized spacial score (nSPS) is 11.9. The highest BCUT2D eigenvalue weighted by Crippen LogP contribution is 1.99. The number of hydrogen-bond donors (Lipinski definition) is 2. The second-order valence-electron chi connectivity index (χ2n) is 5.19. The molecule has 0 aliphatic heterocycles. The summed E-state index contributed by atoms with van der Waals surface area (Å²) in [7, 11) is 0. The molecule has 1 atom stereocenters. The molecule has 112 valence electrons. The zero-order valence-corrected chi connectivity index (χ0v) is 12.8. The molecule has 0 rings (SSSR count). The molecule has 0 fully saturated rings. The molecule has 0 radical (unpaired) electrons. The maximum atomic E-state index is 11.6. The number of carbonyl (C=O) groups is 2. The lowest BCUT2D eigenvalue weighted by molar-refractivity contribution is -0.123. The lowest BCUT2D eigenvalue weighted by Crippen LogP contribution is -2.41. The highest BCUT2D eigenvalue weighted by Gasteiger charge is 2.08. The van der Waals surface area contributed by atoms with E-state index in [1.54, 1.807) is 0 Å². The summed E-state index contributed by atoms with van der Waals surface area (Å²) in [5, 5.41) is 5.77. The Morgan fingerprint density at radius 1 is 0.895 bits per heavy atom. The summed E-state index contributed by atoms with van der Waals surface area (Å²) in [6, 6.07) is 0.00394. The SMILES string of the molecule is CCCCCC(=O)NC[C@H](C)NC(=O)CCCCC. The van der Waals surface area contributed by atoms with Crippen LogP contribution in [-0.4, -0.2) is 24.4 Å². The Kier molecular flexibility index (Phi) is 11.3. The molecule has 2 amide bonds. The molecule has 4 nitrogen and oxygen atoms in total. The Hall–Kier alpha value is -1.06. The van der Waals surface area contributed by atoms with Crippen molar-refractivity contribution in [1.29, 1.82) is 0 Å². The fourth-order valence-electron chi connectivity index (χ4n) is 1.82. The van der Waals surface area contributed by atoms with Crippen molar-refractivity contribution in [2.24, 2.45) is 0 Å². The van der Waals surface area contributed by atoms with E-state index in [0.717, 1.165) is 38.5 Å². The molecule has 0 unspecified atom stereocenters. The summed E-state index contributed by atoms with van der Waals surface area (Å²) in [5.74, 6) is 0.168. The third kappa shape index (κ3) is 11.7. The average molecular weight is 270 g/mol. The van der Waals surface area contributed by atoms with E-state index in [4.69, 9.17) is 0 Å². The minimum atomic E-state index is 0.00394. The molecule has 4 heteroatoms. The molecular formula is C15H30N2O2. The van der Waals surface area contributed by atoms with Gasteiger partial charge in [-0.15, -0.1) is 0 Å². The van der Waals surface area contributed by atoms with E-state index >= 15 is 0 Å². The van der Waals surface area contributed by atoms with Gasteiger partial charge in [0, 0.05) is 25.4 Å². The zero-order chi connectivity index (χ0) is 14.5. The first-order valence-corrected chi connectivity index (χ1v) is 7.66. The lowest BCUT2D eigenvalue weighted by Gasteiger charge is -2.14. The topological polar surface area (TPSA) is 58.2 Å². The summed E-state index contributed by atoms with van der Waals surface area (Å²) in [4.78, 5) is 23.1. The molecule has 0 aromatic carbocycles. The largest absolute Gasteiger partial charge is 0.354 e. The molecule has 0 aromatic rings. The average Bonchev–Trinajstić information content (AvgIpc) is 2.37. The quantitative estimate of drug-likeness (QED) is 0.567. The van der Waals surface area contributed by atoms with Crippen LogP contribution in [0.2, 0.25) is 0 Å². The Morgan fingerprint density at radius 2 is 1.42 bits per heavy atom. The van der Waals surface area contributed by atoms with E-state index < -0.39 is 0 Å². The van der Waals surface area contributed by atoms with Gasteiger partial charge in [0.05, 0.1) is 0 Å². The van der Waals surface area contributed by atoms with Crippen molar-refractivity contribution in [2.45, 2.75) is 78.2 Å². The van der Waals surface area contributed by atoms with Crippen molar-refractivity contribution in [1.82, 2.24) is 10.6 Å². The third-order valence-electron chi connectivity index (χ3n) is 3.03. The van der Waals surface area contributed by atoms with Crippen LogP contribution < -0.4 is 10.6 Å². The van der Waals surface area contributed by atoms with Crippen LogP contribution in [0.3, 0.4) is 0 Å². The third-order valence-corrected chi connectivity index (χ3v) is 3.03. The number of amides is 2. The molecule has 0 aliphatic carbocycles. The molecule has 2 N–H and O–H groups in total. The summed E-state index contributed by atoms with van der Waals surface area (Å²) >= 11 is 0. The standard InChI is InChI=1S/C15H30N2O2/c1-4-6-8-10-14(18)16-12-13(3)17-15(19)11-9-7-5-2/h13H,4-12H2,1-3H3,(H,16,18)(H,17,19)/t13-/m0/s1. The van der Waals surface area contributed by atoms with Crippen LogP contribution in [0.4, 0.5) is 0 Å². The zero-order valence-electron chi connectivity index (χ0n) is 12.8. The number of unbranched alkanes of at least 4 members (excludes halogenated alkanes) is 4. The van der Waals surface area contributed by atoms with Crippen LogP contribution in [0.25, 0.3) is 0 Å². The van der Waals surface area contributed by atoms with Crippen molar-refractivity contribution in [3.63, 3.8) is 0 Å². The second kappa shape index (κ2) is 12.0. The second-order valence-corrected chi connectivity index (χ2v) is 5.19. The molecule has 0 bridgehead atoms. The highest BCUT2D eigenvalue weighted by atomic mass is 16.2. The molecule has 19 heavy (non-hydrogen) atoms. The van der Waals surface area contributed by atoms with Crippen LogP contribution in [0.1, 0.15) is 72.1 Å². The smallest absolute Gasteiger partial charge is 0.220 e. The van der Waals surface area contributed by atoms with E-state index in [-0.39, 0.29) is 17.9 Å². The van der Waals surface area contributed by atoms with Crippen LogP contribution in [0.15, 0.2) is 0 Å². The van der Waals surface area contributed by atoms with Gasteiger partial charge in [0.25, 0.3) is 0 Å². The number of carbonyl (C=O) groups excluding carboxylic acids is 2. The Bertz CT molecular complexity index is 255. The van der Waals surface area contributed by atoms with Gasteiger partial charge in [-0.05, 0) is 19.8 Å². The summed E-state index contributed by atoms with van der Waals surface area (Å²) < 4.78 is 0. The van der Waals surface area contributed by atoms with Gasteiger partial charge in [0.1, 0.15) is 0 Å². The first-order valence-electron chi connectivity index (χ1n) is 7.66. The van der Waals surface area contributed by atoms with Gasteiger partial charge < -0.3 is 10.6 Å². The van der Waals surface area contributed by atoms with Crippen LogP contribution in [0, 0.1) is 0 Å². The van der Waals surface area contributed by atoms with Gasteiger partial charge in [-0.2, -0.15) is 0 Å². The Labute approximate surface area is 117 Å². The predicted molar refractivity (Wildman–Crippen MR) is 78.9 cm³/mol. The van der Waals surface area contributed by atoms with E-state index in [1.807, 2.05) is 6.92 Å². The summed E-state index contributed by atoms with van der Waals surface area (Å²) in [6.45, 7) is 6.68. The fraction of sp³-hybridized carbons (Fsp3) is 0.867. The maximum Gasteiger partial charge on any atom is 0.220 e. The van der Waals surface area contributed by atoms with Gasteiger partial charge in [-0.1, -0.05) is 39.5 Å². The number of hydrogen-bond acceptors (Lipinski definition) is 2. The van der Waals surface area contributed by atoms with E-state index in [0.29, 0.717) is 19.4 Å². The van der Waals surface area contributed by atoms with Gasteiger partial charge in [-0.3, -0.25) is 9.59 Å². The van der Waals surface area contributed by atoms with Crippen molar-refractivity contribution in [3.05, 3.63) is 0 Å². The lowest BCUT2D eigenvalue weighted by atomic mass is 10.2. The molecule has 0 saturated carbocycles. The molecule has 0 aromatic heterocycles. The van der Waals surface area contributed by atoms with Gasteiger partial charge in [-0.25, -0.2) is 0 Å². The molecular weight excluding hydrogens is 240 g/mol. The number of nitrogens with one attached hydrogen (secondary N) is 2. The van der Waals surface area contributed by atoms with Gasteiger partial charge in [0.15, 0.2) is 0 Å². The predicted octanol–water partition coefficient (Wildman–Crippen LogP) is 2.77. The van der Waals surface area contributed by atoms with Crippen LogP contribution in [-0.2, 0) is 9.59 Å². The Morgan fingerprint density at radius 3 is 1.95 bits per heavy atom. The van der Waals surface area contributed by atoms with Crippen LogP contribution in [0.5, 0.6) is 0 Å². The monoisotopic (exact) mass is 270 g/mol. The molecule has 0 spiro atoms. The van der Waals surface area contributed by atoms with Crippen molar-refractivity contribution in [2.75, 3.05) is 6.54 Å². The highest BCUT2D eigenvalue weighted by molar-refractivity contribution is 5.77. The summed E-state index contributed by atoms with van der Waals surface area (Å²) in [5.41, 5.74) is 0. The van der Waals surface area contributed by atoms with E-state index in [9.17, 15) is 9.59 Å². The minimum absolute atomic E-state index is 0.00394.